The molecule has 0 aromatic carbocycles. The SMILES string of the molecule is CN1COCCO1. The lowest BCUT2D eigenvalue weighted by atomic mass is 10.8. The Morgan fingerprint density at radius 2 is 2.29 bits per heavy atom. The van der Waals surface area contributed by atoms with Gasteiger partial charge in [0.25, 0.3) is 0 Å². The quantitative estimate of drug-likeness (QED) is 0.425. The Hall–Kier alpha value is -0.120. The monoisotopic (exact) mass is 103 g/mol. The fourth-order valence-corrected chi connectivity index (χ4v) is 0.482. The van der Waals surface area contributed by atoms with Crippen molar-refractivity contribution >= 4 is 0 Å². The maximum absolute atomic E-state index is 4.99. The van der Waals surface area contributed by atoms with Gasteiger partial charge in [0.05, 0.1) is 13.2 Å². The van der Waals surface area contributed by atoms with Crippen molar-refractivity contribution in [3.05, 3.63) is 0 Å². The largest absolute Gasteiger partial charge is 0.361 e. The van der Waals surface area contributed by atoms with Crippen LogP contribution in [-0.4, -0.2) is 32.1 Å². The fourth-order valence-electron chi connectivity index (χ4n) is 0.482. The summed E-state index contributed by atoms with van der Waals surface area (Å²) in [4.78, 5) is 4.99. The summed E-state index contributed by atoms with van der Waals surface area (Å²) in [5.74, 6) is 0. The Balaban J connectivity index is 2.12. The van der Waals surface area contributed by atoms with E-state index in [0.717, 1.165) is 6.61 Å². The van der Waals surface area contributed by atoms with Crippen molar-refractivity contribution in [2.24, 2.45) is 0 Å². The van der Waals surface area contributed by atoms with Crippen LogP contribution in [0.4, 0.5) is 0 Å². The summed E-state index contributed by atoms with van der Waals surface area (Å²) >= 11 is 0. The minimum absolute atomic E-state index is 0.597. The van der Waals surface area contributed by atoms with Gasteiger partial charge in [0.2, 0.25) is 0 Å². The first-order valence-corrected chi connectivity index (χ1v) is 2.31. The minimum Gasteiger partial charge on any atom is -0.361 e. The maximum Gasteiger partial charge on any atom is 0.122 e. The zero-order valence-electron chi connectivity index (χ0n) is 4.39. The molecule has 1 heterocycles. The Kier molecular flexibility index (Phi) is 1.62. The highest BCUT2D eigenvalue weighted by Gasteiger charge is 2.02. The molecule has 3 heteroatoms. The summed E-state index contributed by atoms with van der Waals surface area (Å²) in [6, 6.07) is 0. The van der Waals surface area contributed by atoms with E-state index in [0.29, 0.717) is 13.3 Å². The van der Waals surface area contributed by atoms with Crippen LogP contribution in [0, 0.1) is 0 Å². The molecular formula is C4H9NO2. The van der Waals surface area contributed by atoms with Gasteiger partial charge in [-0.1, -0.05) is 0 Å². The molecule has 0 aromatic rings. The number of ether oxygens (including phenoxy) is 1. The lowest BCUT2D eigenvalue weighted by Crippen LogP contribution is -2.30. The molecular weight excluding hydrogens is 94.0 g/mol. The maximum atomic E-state index is 4.99. The van der Waals surface area contributed by atoms with Crippen molar-refractivity contribution in [1.29, 1.82) is 0 Å². The Bertz CT molecular complexity index is 51.7. The lowest BCUT2D eigenvalue weighted by molar-refractivity contribution is -0.241. The second kappa shape index (κ2) is 2.26. The van der Waals surface area contributed by atoms with Gasteiger partial charge in [0.1, 0.15) is 6.73 Å². The number of hydroxylamine groups is 2. The van der Waals surface area contributed by atoms with Gasteiger partial charge in [-0.2, -0.15) is 5.06 Å². The fraction of sp³-hybridized carbons (Fsp3) is 1.00. The standard InChI is InChI=1S/C4H9NO2/c1-5-4-6-2-3-7-5/h2-4H2,1H3. The van der Waals surface area contributed by atoms with Crippen molar-refractivity contribution in [2.75, 3.05) is 27.0 Å². The van der Waals surface area contributed by atoms with E-state index in [1.54, 1.807) is 5.06 Å². The number of hydrogen-bond acceptors (Lipinski definition) is 3. The molecule has 0 spiro atoms. The van der Waals surface area contributed by atoms with Crippen molar-refractivity contribution in [3.63, 3.8) is 0 Å². The number of nitrogens with zero attached hydrogens (tertiary/aromatic N) is 1. The molecule has 3 nitrogen and oxygen atoms in total. The summed E-state index contributed by atoms with van der Waals surface area (Å²) in [5.41, 5.74) is 0. The van der Waals surface area contributed by atoms with Crippen molar-refractivity contribution in [2.45, 2.75) is 0 Å². The third kappa shape index (κ3) is 1.43. The predicted molar refractivity (Wildman–Crippen MR) is 24.5 cm³/mol. The zero-order chi connectivity index (χ0) is 5.11. The van der Waals surface area contributed by atoms with Crippen molar-refractivity contribution in [3.8, 4) is 0 Å². The van der Waals surface area contributed by atoms with Gasteiger partial charge in [0, 0.05) is 7.05 Å². The van der Waals surface area contributed by atoms with Crippen molar-refractivity contribution in [1.82, 2.24) is 5.06 Å². The summed E-state index contributed by atoms with van der Waals surface area (Å²) in [6.45, 7) is 2.01. The molecule has 1 fully saturated rings. The highest BCUT2D eigenvalue weighted by molar-refractivity contribution is 4.32. The van der Waals surface area contributed by atoms with E-state index in [1.165, 1.54) is 0 Å². The molecule has 42 valence electrons. The average molecular weight is 103 g/mol. The molecule has 0 amide bonds. The normalized spacial score (nSPS) is 25.3. The topological polar surface area (TPSA) is 21.7 Å². The van der Waals surface area contributed by atoms with Crippen molar-refractivity contribution < 1.29 is 9.57 Å². The molecule has 1 rings (SSSR count). The van der Waals surface area contributed by atoms with Crippen LogP contribution in [0.5, 0.6) is 0 Å². The Morgan fingerprint density at radius 1 is 1.43 bits per heavy atom. The van der Waals surface area contributed by atoms with Gasteiger partial charge in [-0.15, -0.1) is 0 Å². The van der Waals surface area contributed by atoms with Gasteiger partial charge < -0.3 is 4.74 Å². The lowest BCUT2D eigenvalue weighted by Gasteiger charge is -2.21. The zero-order valence-corrected chi connectivity index (χ0v) is 4.39. The van der Waals surface area contributed by atoms with Crippen LogP contribution in [-0.2, 0) is 9.57 Å². The second-order valence-electron chi connectivity index (χ2n) is 1.50. The highest BCUT2D eigenvalue weighted by Crippen LogP contribution is 1.92. The molecule has 0 atom stereocenters. The molecule has 7 heavy (non-hydrogen) atoms. The van der Waals surface area contributed by atoms with Gasteiger partial charge in [-0.25, -0.2) is 0 Å². The van der Waals surface area contributed by atoms with Crippen LogP contribution in [0.15, 0.2) is 0 Å². The summed E-state index contributed by atoms with van der Waals surface area (Å²) in [6.07, 6.45) is 0. The third-order valence-electron chi connectivity index (χ3n) is 0.812. The molecule has 1 saturated heterocycles. The van der Waals surface area contributed by atoms with Gasteiger partial charge in [0.15, 0.2) is 0 Å². The molecule has 1 aliphatic rings. The van der Waals surface area contributed by atoms with Crippen LogP contribution in [0.2, 0.25) is 0 Å². The van der Waals surface area contributed by atoms with E-state index in [4.69, 9.17) is 9.57 Å². The van der Waals surface area contributed by atoms with Gasteiger partial charge >= 0.3 is 0 Å². The molecule has 0 unspecified atom stereocenters. The Labute approximate surface area is 42.8 Å². The van der Waals surface area contributed by atoms with Crippen LogP contribution >= 0.6 is 0 Å². The number of hydrogen-bond donors (Lipinski definition) is 0. The first-order chi connectivity index (χ1) is 3.39. The summed E-state index contributed by atoms with van der Waals surface area (Å²) in [5, 5.41) is 1.67. The first-order valence-electron chi connectivity index (χ1n) is 2.31. The highest BCUT2D eigenvalue weighted by atomic mass is 16.7. The molecule has 1 aliphatic heterocycles. The Morgan fingerprint density at radius 3 is 2.57 bits per heavy atom. The van der Waals surface area contributed by atoms with E-state index in [2.05, 4.69) is 0 Å². The smallest absolute Gasteiger partial charge is 0.122 e. The second-order valence-corrected chi connectivity index (χ2v) is 1.50. The molecule has 0 aromatic heterocycles. The molecule has 0 N–H and O–H groups in total. The van der Waals surface area contributed by atoms with Gasteiger partial charge in [-0.3, -0.25) is 4.84 Å². The third-order valence-corrected chi connectivity index (χ3v) is 0.812. The first kappa shape index (κ1) is 5.03. The van der Waals surface area contributed by atoms with E-state index in [1.807, 2.05) is 7.05 Å². The summed E-state index contributed by atoms with van der Waals surface area (Å²) < 4.78 is 4.98. The van der Waals surface area contributed by atoms with E-state index < -0.39 is 0 Å². The van der Waals surface area contributed by atoms with Crippen LogP contribution in [0.25, 0.3) is 0 Å². The number of rotatable bonds is 0. The molecule has 0 aliphatic carbocycles. The van der Waals surface area contributed by atoms with E-state index in [9.17, 15) is 0 Å². The van der Waals surface area contributed by atoms with Crippen LogP contribution in [0.1, 0.15) is 0 Å². The van der Waals surface area contributed by atoms with Crippen LogP contribution < -0.4 is 0 Å². The minimum atomic E-state index is 0.597. The molecule has 0 saturated carbocycles. The van der Waals surface area contributed by atoms with Crippen LogP contribution in [0.3, 0.4) is 0 Å². The predicted octanol–water partition coefficient (Wildman–Crippen LogP) is -0.163. The van der Waals surface area contributed by atoms with E-state index >= 15 is 0 Å². The average Bonchev–Trinajstić information content (AvgIpc) is 1.69. The molecule has 0 radical (unpaired) electrons. The molecule has 0 bridgehead atoms. The van der Waals surface area contributed by atoms with E-state index in [-0.39, 0.29) is 0 Å². The summed E-state index contributed by atoms with van der Waals surface area (Å²) in [7, 11) is 1.85. The van der Waals surface area contributed by atoms with Gasteiger partial charge in [-0.05, 0) is 0 Å².